The lowest BCUT2D eigenvalue weighted by atomic mass is 9.80. The number of fused-ring (bicyclic) bond motifs is 6. The highest BCUT2D eigenvalue weighted by Crippen LogP contribution is 2.54. The molecule has 0 aliphatic heterocycles. The molecular weight excluding hydrogens is 931 g/mol. The van der Waals surface area contributed by atoms with E-state index in [1.54, 1.807) is 0 Å². The fourth-order valence-electron chi connectivity index (χ4n) is 12.5. The van der Waals surface area contributed by atoms with Crippen LogP contribution >= 0.6 is 0 Å². The van der Waals surface area contributed by atoms with E-state index in [9.17, 15) is 0 Å². The fourth-order valence-corrected chi connectivity index (χ4v) is 12.5. The van der Waals surface area contributed by atoms with Gasteiger partial charge < -0.3 is 14.7 Å². The van der Waals surface area contributed by atoms with Crippen LogP contribution in [0.3, 0.4) is 0 Å². The molecule has 3 nitrogen and oxygen atoms in total. The van der Waals surface area contributed by atoms with Crippen LogP contribution in [0, 0.1) is 13.8 Å². The maximum atomic E-state index is 2.48. The number of benzene rings is 11. The van der Waals surface area contributed by atoms with Gasteiger partial charge in [-0.2, -0.15) is 0 Å². The highest BCUT2D eigenvalue weighted by atomic mass is 15.2. The Labute approximate surface area is 454 Å². The molecule has 11 aromatic carbocycles. The van der Waals surface area contributed by atoms with Crippen LogP contribution in [0.15, 0.2) is 261 Å². The predicted octanol–water partition coefficient (Wildman–Crippen LogP) is 20.7. The molecule has 2 aliphatic rings. The van der Waals surface area contributed by atoms with Crippen molar-refractivity contribution in [3.05, 3.63) is 294 Å². The molecule has 0 aromatic heterocycles. The van der Waals surface area contributed by atoms with Crippen molar-refractivity contribution >= 4 is 51.2 Å². The van der Waals surface area contributed by atoms with Crippen molar-refractivity contribution in [1.82, 2.24) is 0 Å². The van der Waals surface area contributed by atoms with Crippen LogP contribution in [0.1, 0.15) is 61.1 Å². The summed E-state index contributed by atoms with van der Waals surface area (Å²) in [6.45, 7) is 14.1. The molecule has 0 amide bonds. The van der Waals surface area contributed by atoms with Crippen LogP contribution in [-0.2, 0) is 10.8 Å². The fraction of sp³-hybridized carbons (Fsp3) is 0.108. The molecule has 0 bridgehead atoms. The van der Waals surface area contributed by atoms with Crippen molar-refractivity contribution in [2.75, 3.05) is 14.7 Å². The third-order valence-electron chi connectivity index (χ3n) is 16.5. The second-order valence-corrected chi connectivity index (χ2v) is 21.9. The molecule has 0 atom stereocenters. The quantitative estimate of drug-likeness (QED) is 0.128. The van der Waals surface area contributed by atoms with Gasteiger partial charge in [0.1, 0.15) is 0 Å². The number of anilines is 9. The Hall–Kier alpha value is -9.18. The zero-order valence-corrected chi connectivity index (χ0v) is 44.7. The maximum Gasteiger partial charge on any atom is 0.0465 e. The van der Waals surface area contributed by atoms with E-state index >= 15 is 0 Å². The van der Waals surface area contributed by atoms with Gasteiger partial charge in [-0.05, 0) is 213 Å². The second-order valence-electron chi connectivity index (χ2n) is 21.9. The number of nitrogens with zero attached hydrogens (tertiary/aromatic N) is 3. The Morgan fingerprint density at radius 1 is 0.221 bits per heavy atom. The lowest BCUT2D eigenvalue weighted by Crippen LogP contribution is -2.17. The van der Waals surface area contributed by atoms with Gasteiger partial charge in [-0.25, -0.2) is 0 Å². The molecule has 0 unspecified atom stereocenters. The summed E-state index contributed by atoms with van der Waals surface area (Å²) in [6.07, 6.45) is 0. The van der Waals surface area contributed by atoms with Gasteiger partial charge in [-0.15, -0.1) is 0 Å². The highest BCUT2D eigenvalue weighted by Gasteiger charge is 2.38. The molecule has 13 rings (SSSR count). The molecule has 0 heterocycles. The number of rotatable bonds is 11. The van der Waals surface area contributed by atoms with Crippen LogP contribution in [0.2, 0.25) is 0 Å². The SMILES string of the molecule is Cc1cc2c(cc1-c1ccc(N(c3ccccc3)c3ccccc3)cc1)C(C)(C)c1cc(-c3ccc(N(c4ccccc4)c4ccc5c(c4)C(C)(C)c4cc(N(c6ccccc6)c6ccccc6)ccc4-5)cc3)c(C)cc1-2. The predicted molar refractivity (Wildman–Crippen MR) is 326 cm³/mol. The van der Waals surface area contributed by atoms with E-state index in [1.807, 2.05) is 0 Å². The van der Waals surface area contributed by atoms with Gasteiger partial charge in [0.25, 0.3) is 0 Å². The number of para-hydroxylation sites is 5. The summed E-state index contributed by atoms with van der Waals surface area (Å²) in [6, 6.07) is 95.6. The molecule has 3 heteroatoms. The summed E-state index contributed by atoms with van der Waals surface area (Å²) in [5, 5.41) is 0. The first kappa shape index (κ1) is 47.5. The molecule has 372 valence electrons. The molecule has 77 heavy (non-hydrogen) atoms. The van der Waals surface area contributed by atoms with E-state index in [1.165, 1.54) is 77.9 Å². The molecule has 0 fully saturated rings. The molecule has 0 spiro atoms. The van der Waals surface area contributed by atoms with Gasteiger partial charge in [0.15, 0.2) is 0 Å². The Balaban J connectivity index is 0.805. The minimum absolute atomic E-state index is 0.192. The molecule has 2 aliphatic carbocycles. The first-order chi connectivity index (χ1) is 37.5. The smallest absolute Gasteiger partial charge is 0.0465 e. The van der Waals surface area contributed by atoms with Gasteiger partial charge in [0.05, 0.1) is 0 Å². The largest absolute Gasteiger partial charge is 0.311 e. The summed E-state index contributed by atoms with van der Waals surface area (Å²) >= 11 is 0. The van der Waals surface area contributed by atoms with Crippen molar-refractivity contribution in [3.8, 4) is 44.5 Å². The van der Waals surface area contributed by atoms with Crippen LogP contribution in [0.25, 0.3) is 44.5 Å². The molecule has 11 aromatic rings. The van der Waals surface area contributed by atoms with Crippen LogP contribution in [0.5, 0.6) is 0 Å². The lowest BCUT2D eigenvalue weighted by molar-refractivity contribution is 0.660. The average molecular weight is 992 g/mol. The van der Waals surface area contributed by atoms with Gasteiger partial charge in [0.2, 0.25) is 0 Å². The Morgan fingerprint density at radius 2 is 0.468 bits per heavy atom. The first-order valence-electron chi connectivity index (χ1n) is 27.0. The number of hydrogen-bond donors (Lipinski definition) is 0. The second kappa shape index (κ2) is 18.9. The van der Waals surface area contributed by atoms with E-state index in [2.05, 4.69) is 317 Å². The van der Waals surface area contributed by atoms with Crippen molar-refractivity contribution in [3.63, 3.8) is 0 Å². The summed E-state index contributed by atoms with van der Waals surface area (Å²) in [4.78, 5) is 7.09. The van der Waals surface area contributed by atoms with Crippen LogP contribution in [0.4, 0.5) is 51.2 Å². The highest BCUT2D eigenvalue weighted by molar-refractivity contribution is 5.91. The van der Waals surface area contributed by atoms with Crippen LogP contribution in [-0.4, -0.2) is 0 Å². The average Bonchev–Trinajstić information content (AvgIpc) is 3.82. The van der Waals surface area contributed by atoms with Crippen molar-refractivity contribution in [2.45, 2.75) is 52.4 Å². The summed E-state index contributed by atoms with van der Waals surface area (Å²) < 4.78 is 0. The van der Waals surface area contributed by atoms with Gasteiger partial charge in [-0.3, -0.25) is 0 Å². The maximum absolute atomic E-state index is 2.48. The minimum atomic E-state index is -0.236. The molecule has 0 saturated heterocycles. The summed E-state index contributed by atoms with van der Waals surface area (Å²) in [5.74, 6) is 0. The first-order valence-corrected chi connectivity index (χ1v) is 27.0. The van der Waals surface area contributed by atoms with Crippen LogP contribution < -0.4 is 14.7 Å². The van der Waals surface area contributed by atoms with E-state index in [0.717, 1.165) is 51.2 Å². The van der Waals surface area contributed by atoms with E-state index < -0.39 is 0 Å². The van der Waals surface area contributed by atoms with Crippen molar-refractivity contribution in [1.29, 1.82) is 0 Å². The molecule has 0 saturated carbocycles. The number of aryl methyl sites for hydroxylation is 2. The third-order valence-corrected chi connectivity index (χ3v) is 16.5. The number of hydrogen-bond acceptors (Lipinski definition) is 3. The minimum Gasteiger partial charge on any atom is -0.311 e. The van der Waals surface area contributed by atoms with E-state index in [4.69, 9.17) is 0 Å². The van der Waals surface area contributed by atoms with Crippen molar-refractivity contribution in [2.24, 2.45) is 0 Å². The zero-order chi connectivity index (χ0) is 52.4. The van der Waals surface area contributed by atoms with Gasteiger partial charge in [0, 0.05) is 62.0 Å². The Kier molecular flexibility index (Phi) is 11.7. The van der Waals surface area contributed by atoms with E-state index in [0.29, 0.717) is 0 Å². The summed E-state index contributed by atoms with van der Waals surface area (Å²) in [5.41, 5.74) is 28.0. The van der Waals surface area contributed by atoms with Gasteiger partial charge >= 0.3 is 0 Å². The lowest BCUT2D eigenvalue weighted by Gasteiger charge is -2.29. The third kappa shape index (κ3) is 8.22. The monoisotopic (exact) mass is 991 g/mol. The van der Waals surface area contributed by atoms with E-state index in [-0.39, 0.29) is 10.8 Å². The molecule has 0 N–H and O–H groups in total. The van der Waals surface area contributed by atoms with Crippen molar-refractivity contribution < 1.29 is 0 Å². The molecule has 0 radical (unpaired) electrons. The topological polar surface area (TPSA) is 9.72 Å². The summed E-state index contributed by atoms with van der Waals surface area (Å²) in [7, 11) is 0. The Morgan fingerprint density at radius 3 is 0.766 bits per heavy atom. The zero-order valence-electron chi connectivity index (χ0n) is 44.7. The van der Waals surface area contributed by atoms with Gasteiger partial charge in [-0.1, -0.05) is 167 Å². The standard InChI is InChI=1S/C74H61N3/c1-50-44-67-68-45-51(2)66(49-72(68)74(5,6)71(67)48-65(50)52-32-36-59(37-33-52)75(54-22-12-7-13-23-54)55-24-14-8-15-25-55)53-34-38-60(39-35-53)77(58-30-20-11-21-31-58)62-41-43-64-63-42-40-61(46-69(63)73(3,4)70(64)47-62)76(56-26-16-9-17-27-56)57-28-18-10-19-29-57/h7-49H,1-6H3. The molecular formula is C74H61N3. The Bertz CT molecular complexity index is 3880. The normalized spacial score (nSPS) is 13.3.